The topological polar surface area (TPSA) is 139 Å². The molecule has 192 valence electrons. The number of nitrogens with zero attached hydrogens (tertiary/aromatic N) is 1. The fraction of sp³-hybridized carbons (Fsp3) is 0.222. The van der Waals surface area contributed by atoms with Crippen LogP contribution >= 0.6 is 0 Å². The van der Waals surface area contributed by atoms with Crippen molar-refractivity contribution in [1.29, 1.82) is 0 Å². The predicted molar refractivity (Wildman–Crippen MR) is 140 cm³/mol. The average molecular weight is 521 g/mol. The lowest BCUT2D eigenvalue weighted by atomic mass is 10.0. The molecule has 4 rings (SSSR count). The van der Waals surface area contributed by atoms with Gasteiger partial charge >= 0.3 is 0 Å². The SMILES string of the molecule is NC1CCN(C(=O)CNC(=O)c2ccc(S(=O)(=O)Nc3ccccc3C(=O)c3ccccc3)cc2)CC1. The van der Waals surface area contributed by atoms with Gasteiger partial charge < -0.3 is 16.0 Å². The molecule has 3 aromatic rings. The van der Waals surface area contributed by atoms with Crippen LogP contribution in [0.4, 0.5) is 5.69 Å². The van der Waals surface area contributed by atoms with E-state index in [0.29, 0.717) is 18.7 Å². The first kappa shape index (κ1) is 26.1. The summed E-state index contributed by atoms with van der Waals surface area (Å²) in [5, 5.41) is 2.58. The number of para-hydroxylation sites is 1. The van der Waals surface area contributed by atoms with E-state index in [-0.39, 0.29) is 46.0 Å². The summed E-state index contributed by atoms with van der Waals surface area (Å²) in [6.45, 7) is 0.979. The van der Waals surface area contributed by atoms with Crippen molar-refractivity contribution >= 4 is 33.3 Å². The van der Waals surface area contributed by atoms with E-state index in [1.165, 1.54) is 30.3 Å². The summed E-state index contributed by atoms with van der Waals surface area (Å²) in [7, 11) is -4.04. The Morgan fingerprint density at radius 2 is 1.46 bits per heavy atom. The Morgan fingerprint density at radius 1 is 0.838 bits per heavy atom. The van der Waals surface area contributed by atoms with Crippen LogP contribution in [0.5, 0.6) is 0 Å². The first-order chi connectivity index (χ1) is 17.7. The molecule has 1 aliphatic heterocycles. The smallest absolute Gasteiger partial charge is 0.261 e. The van der Waals surface area contributed by atoms with Gasteiger partial charge in [0.05, 0.1) is 17.1 Å². The number of carbonyl (C=O) groups is 3. The van der Waals surface area contributed by atoms with Crippen LogP contribution in [0, 0.1) is 0 Å². The zero-order chi connectivity index (χ0) is 26.4. The highest BCUT2D eigenvalue weighted by Gasteiger charge is 2.22. The minimum Gasteiger partial charge on any atom is -0.343 e. The summed E-state index contributed by atoms with van der Waals surface area (Å²) >= 11 is 0. The van der Waals surface area contributed by atoms with Crippen LogP contribution in [0.3, 0.4) is 0 Å². The molecule has 1 fully saturated rings. The van der Waals surface area contributed by atoms with Gasteiger partial charge in [0.1, 0.15) is 0 Å². The number of nitrogens with one attached hydrogen (secondary N) is 2. The number of hydrogen-bond donors (Lipinski definition) is 3. The average Bonchev–Trinajstić information content (AvgIpc) is 2.92. The Bertz CT molecular complexity index is 1380. The Kier molecular flexibility index (Phi) is 8.00. The summed E-state index contributed by atoms with van der Waals surface area (Å²) in [5.41, 5.74) is 6.87. The van der Waals surface area contributed by atoms with Gasteiger partial charge in [0, 0.05) is 35.8 Å². The van der Waals surface area contributed by atoms with Crippen LogP contribution in [0.2, 0.25) is 0 Å². The molecule has 2 amide bonds. The maximum atomic E-state index is 13.0. The fourth-order valence-electron chi connectivity index (χ4n) is 4.02. The van der Waals surface area contributed by atoms with Crippen LogP contribution in [0.15, 0.2) is 83.8 Å². The van der Waals surface area contributed by atoms with Gasteiger partial charge in [0.25, 0.3) is 15.9 Å². The Labute approximate surface area is 215 Å². The van der Waals surface area contributed by atoms with Crippen LogP contribution in [-0.2, 0) is 14.8 Å². The van der Waals surface area contributed by atoms with Crippen LogP contribution < -0.4 is 15.8 Å². The number of nitrogens with two attached hydrogens (primary N) is 1. The van der Waals surface area contributed by atoms with Crippen LogP contribution in [0.1, 0.15) is 39.1 Å². The van der Waals surface area contributed by atoms with Crippen molar-refractivity contribution in [3.8, 4) is 0 Å². The highest BCUT2D eigenvalue weighted by atomic mass is 32.2. The summed E-state index contributed by atoms with van der Waals surface area (Å²) in [6, 6.07) is 20.4. The first-order valence-corrected chi connectivity index (χ1v) is 13.4. The Balaban J connectivity index is 1.41. The zero-order valence-corrected chi connectivity index (χ0v) is 20.9. The van der Waals surface area contributed by atoms with Gasteiger partial charge in [-0.3, -0.25) is 19.1 Å². The molecule has 0 aliphatic carbocycles. The van der Waals surface area contributed by atoms with Crippen molar-refractivity contribution < 1.29 is 22.8 Å². The second kappa shape index (κ2) is 11.4. The molecule has 1 heterocycles. The summed E-state index contributed by atoms with van der Waals surface area (Å²) in [5.74, 6) is -0.988. The van der Waals surface area contributed by atoms with Crippen molar-refractivity contribution in [3.63, 3.8) is 0 Å². The first-order valence-electron chi connectivity index (χ1n) is 11.9. The van der Waals surface area contributed by atoms with Gasteiger partial charge in [-0.25, -0.2) is 8.42 Å². The number of carbonyl (C=O) groups excluding carboxylic acids is 3. The lowest BCUT2D eigenvalue weighted by molar-refractivity contribution is -0.131. The molecule has 0 bridgehead atoms. The number of hydrogen-bond acceptors (Lipinski definition) is 6. The molecule has 0 unspecified atom stereocenters. The number of sulfonamides is 1. The summed E-state index contributed by atoms with van der Waals surface area (Å²) in [4.78, 5) is 39.3. The number of ketones is 1. The molecule has 4 N–H and O–H groups in total. The van der Waals surface area contributed by atoms with E-state index in [0.717, 1.165) is 12.8 Å². The molecule has 37 heavy (non-hydrogen) atoms. The third kappa shape index (κ3) is 6.41. The minimum absolute atomic E-state index is 0.0771. The minimum atomic E-state index is -4.04. The van der Waals surface area contributed by atoms with E-state index in [1.807, 2.05) is 0 Å². The van der Waals surface area contributed by atoms with Crippen LogP contribution in [0.25, 0.3) is 0 Å². The predicted octanol–water partition coefficient (Wildman–Crippen LogP) is 2.40. The van der Waals surface area contributed by atoms with Crippen molar-refractivity contribution in [2.24, 2.45) is 5.73 Å². The second-order valence-corrected chi connectivity index (χ2v) is 10.5. The van der Waals surface area contributed by atoms with E-state index < -0.39 is 15.9 Å². The number of anilines is 1. The van der Waals surface area contributed by atoms with Crippen molar-refractivity contribution in [2.75, 3.05) is 24.4 Å². The van der Waals surface area contributed by atoms with Crippen LogP contribution in [-0.4, -0.2) is 56.6 Å². The van der Waals surface area contributed by atoms with E-state index in [1.54, 1.807) is 53.4 Å². The number of likely N-dealkylation sites (tertiary alicyclic amines) is 1. The third-order valence-electron chi connectivity index (χ3n) is 6.17. The number of rotatable bonds is 8. The molecule has 1 saturated heterocycles. The Hall–Kier alpha value is -4.02. The van der Waals surface area contributed by atoms with Gasteiger partial charge in [-0.15, -0.1) is 0 Å². The molecule has 0 atom stereocenters. The van der Waals surface area contributed by atoms with Gasteiger partial charge in [-0.05, 0) is 49.2 Å². The molecule has 3 aromatic carbocycles. The van der Waals surface area contributed by atoms with E-state index in [2.05, 4.69) is 10.0 Å². The lowest BCUT2D eigenvalue weighted by Gasteiger charge is -2.30. The fourth-order valence-corrected chi connectivity index (χ4v) is 5.10. The van der Waals surface area contributed by atoms with Crippen molar-refractivity contribution in [1.82, 2.24) is 10.2 Å². The lowest BCUT2D eigenvalue weighted by Crippen LogP contribution is -2.46. The maximum Gasteiger partial charge on any atom is 0.261 e. The van der Waals surface area contributed by atoms with E-state index in [4.69, 9.17) is 5.73 Å². The number of piperidine rings is 1. The second-order valence-electron chi connectivity index (χ2n) is 8.77. The molecule has 0 spiro atoms. The molecule has 10 heteroatoms. The van der Waals surface area contributed by atoms with Gasteiger partial charge in [0.2, 0.25) is 5.91 Å². The van der Waals surface area contributed by atoms with Gasteiger partial charge in [0.15, 0.2) is 5.78 Å². The normalized spacial score (nSPS) is 14.1. The molecular formula is C27H28N4O5S. The van der Waals surface area contributed by atoms with Crippen molar-refractivity contribution in [2.45, 2.75) is 23.8 Å². The molecule has 0 radical (unpaired) electrons. The molecule has 0 aromatic heterocycles. The number of amides is 2. The monoisotopic (exact) mass is 520 g/mol. The zero-order valence-electron chi connectivity index (χ0n) is 20.1. The number of benzene rings is 3. The molecule has 0 saturated carbocycles. The molecule has 1 aliphatic rings. The van der Waals surface area contributed by atoms with E-state index >= 15 is 0 Å². The van der Waals surface area contributed by atoms with Gasteiger partial charge in [-0.2, -0.15) is 0 Å². The standard InChI is InChI=1S/C27H28N4O5S/c28-21-14-16-31(17-15-21)25(32)18-29-27(34)20-10-12-22(13-11-20)37(35,36)30-24-9-5-4-8-23(24)26(33)19-6-2-1-3-7-19/h1-13,21,30H,14-18,28H2,(H,29,34). The molecule has 9 nitrogen and oxygen atoms in total. The maximum absolute atomic E-state index is 13.0. The molecular weight excluding hydrogens is 492 g/mol. The Morgan fingerprint density at radius 3 is 2.14 bits per heavy atom. The quantitative estimate of drug-likeness (QED) is 0.390. The summed E-state index contributed by atoms with van der Waals surface area (Å²) < 4.78 is 28.5. The van der Waals surface area contributed by atoms with Gasteiger partial charge in [-0.1, -0.05) is 42.5 Å². The highest BCUT2D eigenvalue weighted by Crippen LogP contribution is 2.23. The largest absolute Gasteiger partial charge is 0.343 e. The third-order valence-corrected chi connectivity index (χ3v) is 7.55. The van der Waals surface area contributed by atoms with E-state index in [9.17, 15) is 22.8 Å². The summed E-state index contributed by atoms with van der Waals surface area (Å²) in [6.07, 6.45) is 1.46. The highest BCUT2D eigenvalue weighted by molar-refractivity contribution is 7.92. The van der Waals surface area contributed by atoms with Crippen molar-refractivity contribution in [3.05, 3.63) is 95.6 Å².